The van der Waals surface area contributed by atoms with E-state index >= 15 is 0 Å². The lowest BCUT2D eigenvalue weighted by atomic mass is 10.1. The Kier molecular flexibility index (Phi) is 5.81. The third-order valence-corrected chi connectivity index (χ3v) is 5.54. The van der Waals surface area contributed by atoms with E-state index < -0.39 is 0 Å². The van der Waals surface area contributed by atoms with Crippen molar-refractivity contribution in [3.8, 4) is 11.5 Å². The number of nitrogens with one attached hydrogen (secondary N) is 2. The highest BCUT2D eigenvalue weighted by Crippen LogP contribution is 2.31. The lowest BCUT2D eigenvalue weighted by Crippen LogP contribution is -2.38. The van der Waals surface area contributed by atoms with Gasteiger partial charge in [0.05, 0.1) is 25.8 Å². The summed E-state index contributed by atoms with van der Waals surface area (Å²) in [6.07, 6.45) is 1.62. The lowest BCUT2D eigenvalue weighted by molar-refractivity contribution is 0.154. The van der Waals surface area contributed by atoms with E-state index in [0.29, 0.717) is 35.7 Å². The van der Waals surface area contributed by atoms with Crippen molar-refractivity contribution in [3.63, 3.8) is 0 Å². The predicted molar refractivity (Wildman–Crippen MR) is 119 cm³/mol. The number of benzene rings is 2. The number of fused-ring (bicyclic) bond motifs is 1. The van der Waals surface area contributed by atoms with Crippen LogP contribution in [0.4, 0.5) is 11.4 Å². The van der Waals surface area contributed by atoms with E-state index in [1.165, 1.54) is 0 Å². The highest BCUT2D eigenvalue weighted by atomic mass is 16.5. The Balaban J connectivity index is 1.49. The number of rotatable bonds is 6. The molecule has 0 spiro atoms. The van der Waals surface area contributed by atoms with E-state index in [9.17, 15) is 9.90 Å². The average Bonchev–Trinajstić information content (AvgIpc) is 2.77. The summed E-state index contributed by atoms with van der Waals surface area (Å²) in [6.45, 7) is 2.04. The molecule has 1 aromatic heterocycles. The predicted octanol–water partition coefficient (Wildman–Crippen LogP) is 3.12. The van der Waals surface area contributed by atoms with Gasteiger partial charge in [0.1, 0.15) is 0 Å². The molecule has 1 aliphatic rings. The van der Waals surface area contributed by atoms with Gasteiger partial charge in [0.15, 0.2) is 11.5 Å². The lowest BCUT2D eigenvalue weighted by Gasteiger charge is -2.32. The number of anilines is 2. The molecule has 1 atom stereocenters. The summed E-state index contributed by atoms with van der Waals surface area (Å²) in [5, 5.41) is 14.1. The van der Waals surface area contributed by atoms with Crippen molar-refractivity contribution in [2.24, 2.45) is 0 Å². The van der Waals surface area contributed by atoms with Crippen molar-refractivity contribution in [3.05, 3.63) is 58.4 Å². The largest absolute Gasteiger partial charge is 0.493 e. The van der Waals surface area contributed by atoms with E-state index in [-0.39, 0.29) is 11.7 Å². The highest BCUT2D eigenvalue weighted by Gasteiger charge is 2.17. The number of aromatic amines is 1. The minimum absolute atomic E-state index is 0.138. The Morgan fingerprint density at radius 2 is 1.87 bits per heavy atom. The van der Waals surface area contributed by atoms with Crippen LogP contribution in [0.2, 0.25) is 0 Å². The Labute approximate surface area is 175 Å². The SMILES string of the molecule is COc1cc2cc(CNc3ccc(N4CCC[C@@H](O)C4)cc3)c(=O)[nH]c2cc1OC. The molecule has 7 heteroatoms. The number of hydrogen-bond donors (Lipinski definition) is 3. The fourth-order valence-corrected chi connectivity index (χ4v) is 3.89. The number of aliphatic hydroxyl groups excluding tert-OH is 1. The topological polar surface area (TPSA) is 86.8 Å². The molecule has 0 unspecified atom stereocenters. The summed E-state index contributed by atoms with van der Waals surface area (Å²) < 4.78 is 10.7. The van der Waals surface area contributed by atoms with E-state index in [0.717, 1.165) is 36.1 Å². The van der Waals surface area contributed by atoms with Gasteiger partial charge in [-0.25, -0.2) is 0 Å². The van der Waals surface area contributed by atoms with Gasteiger partial charge in [-0.1, -0.05) is 0 Å². The molecular weight excluding hydrogens is 382 g/mol. The Morgan fingerprint density at radius 1 is 1.13 bits per heavy atom. The summed E-state index contributed by atoms with van der Waals surface area (Å²) >= 11 is 0. The molecular formula is C23H27N3O4. The van der Waals surface area contributed by atoms with Gasteiger partial charge in [-0.3, -0.25) is 4.79 Å². The average molecular weight is 409 g/mol. The van der Waals surface area contributed by atoms with E-state index in [1.54, 1.807) is 20.3 Å². The first-order valence-corrected chi connectivity index (χ1v) is 10.1. The monoisotopic (exact) mass is 409 g/mol. The summed E-state index contributed by atoms with van der Waals surface area (Å²) in [5.41, 5.74) is 3.24. The van der Waals surface area contributed by atoms with Crippen molar-refractivity contribution >= 4 is 22.3 Å². The third kappa shape index (κ3) is 4.21. The van der Waals surface area contributed by atoms with Crippen molar-refractivity contribution < 1.29 is 14.6 Å². The minimum atomic E-state index is -0.255. The molecule has 1 fully saturated rings. The molecule has 4 rings (SSSR count). The van der Waals surface area contributed by atoms with Gasteiger partial charge in [-0.05, 0) is 49.2 Å². The van der Waals surface area contributed by atoms with Crippen LogP contribution in [0, 0.1) is 0 Å². The van der Waals surface area contributed by atoms with Crippen LogP contribution in [0.1, 0.15) is 18.4 Å². The number of aromatic nitrogens is 1. The molecule has 3 aromatic rings. The molecule has 1 saturated heterocycles. The van der Waals surface area contributed by atoms with Crippen LogP contribution in [0.15, 0.2) is 47.3 Å². The highest BCUT2D eigenvalue weighted by molar-refractivity contribution is 5.83. The number of hydrogen-bond acceptors (Lipinski definition) is 6. The quantitative estimate of drug-likeness (QED) is 0.580. The Hall–Kier alpha value is -3.19. The first-order valence-electron chi connectivity index (χ1n) is 10.1. The molecule has 0 saturated carbocycles. The maximum absolute atomic E-state index is 12.5. The molecule has 30 heavy (non-hydrogen) atoms. The zero-order valence-electron chi connectivity index (χ0n) is 17.3. The van der Waals surface area contributed by atoms with Crippen molar-refractivity contribution in [2.75, 3.05) is 37.5 Å². The summed E-state index contributed by atoms with van der Waals surface area (Å²) in [4.78, 5) is 17.6. The number of piperidine rings is 1. The molecule has 0 bridgehead atoms. The summed E-state index contributed by atoms with van der Waals surface area (Å²) in [7, 11) is 3.16. The van der Waals surface area contributed by atoms with Crippen LogP contribution >= 0.6 is 0 Å². The van der Waals surface area contributed by atoms with Crippen LogP contribution in [0.25, 0.3) is 10.9 Å². The molecule has 2 aromatic carbocycles. The fourth-order valence-electron chi connectivity index (χ4n) is 3.89. The normalized spacial score (nSPS) is 16.5. The van der Waals surface area contributed by atoms with Crippen LogP contribution in [-0.2, 0) is 6.54 Å². The second kappa shape index (κ2) is 8.67. The van der Waals surface area contributed by atoms with Crippen molar-refractivity contribution in [1.82, 2.24) is 4.98 Å². The van der Waals surface area contributed by atoms with Gasteiger partial charge in [0.25, 0.3) is 5.56 Å². The molecule has 0 amide bonds. The second-order valence-corrected chi connectivity index (χ2v) is 7.56. The van der Waals surface area contributed by atoms with E-state index in [4.69, 9.17) is 9.47 Å². The molecule has 0 aliphatic carbocycles. The smallest absolute Gasteiger partial charge is 0.253 e. The first-order chi connectivity index (χ1) is 14.6. The number of aliphatic hydroxyl groups is 1. The van der Waals surface area contributed by atoms with Crippen LogP contribution < -0.4 is 25.2 Å². The van der Waals surface area contributed by atoms with Crippen molar-refractivity contribution in [2.45, 2.75) is 25.5 Å². The van der Waals surface area contributed by atoms with Crippen LogP contribution in [-0.4, -0.2) is 43.5 Å². The number of β-amino-alcohol motifs (C(OH)–C–C–N with tert-alkyl or cyclic N) is 1. The number of H-pyrrole nitrogens is 1. The van der Waals surface area contributed by atoms with Gasteiger partial charge < -0.3 is 29.8 Å². The Morgan fingerprint density at radius 3 is 2.57 bits per heavy atom. The Bertz CT molecular complexity index is 1080. The fraction of sp³-hybridized carbons (Fsp3) is 0.348. The zero-order valence-corrected chi connectivity index (χ0v) is 17.3. The molecule has 1 aliphatic heterocycles. The number of methoxy groups -OCH3 is 2. The maximum atomic E-state index is 12.5. The second-order valence-electron chi connectivity index (χ2n) is 7.56. The van der Waals surface area contributed by atoms with Crippen molar-refractivity contribution in [1.29, 1.82) is 0 Å². The van der Waals surface area contributed by atoms with Crippen LogP contribution in [0.3, 0.4) is 0 Å². The number of pyridine rings is 1. The first kappa shape index (κ1) is 20.1. The molecule has 2 heterocycles. The van der Waals surface area contributed by atoms with Gasteiger partial charge >= 0.3 is 0 Å². The van der Waals surface area contributed by atoms with Gasteiger partial charge in [-0.2, -0.15) is 0 Å². The summed E-state index contributed by atoms with van der Waals surface area (Å²) in [6, 6.07) is 13.6. The van der Waals surface area contributed by atoms with Gasteiger partial charge in [0.2, 0.25) is 0 Å². The van der Waals surface area contributed by atoms with Gasteiger partial charge in [0, 0.05) is 48.0 Å². The maximum Gasteiger partial charge on any atom is 0.253 e. The van der Waals surface area contributed by atoms with Crippen LogP contribution in [0.5, 0.6) is 11.5 Å². The minimum Gasteiger partial charge on any atom is -0.493 e. The number of ether oxygens (including phenoxy) is 2. The van der Waals surface area contributed by atoms with E-state index in [1.807, 2.05) is 36.4 Å². The molecule has 158 valence electrons. The summed E-state index contributed by atoms with van der Waals surface area (Å²) in [5.74, 6) is 1.20. The standard InChI is InChI=1S/C23H27N3O4/c1-29-21-11-15-10-16(23(28)25-20(15)12-22(21)30-2)13-24-17-5-7-18(8-6-17)26-9-3-4-19(27)14-26/h5-8,10-12,19,24,27H,3-4,9,13-14H2,1-2H3,(H,25,28)/t19-/m1/s1. The van der Waals surface area contributed by atoms with E-state index in [2.05, 4.69) is 15.2 Å². The molecule has 7 nitrogen and oxygen atoms in total. The molecule has 3 N–H and O–H groups in total. The third-order valence-electron chi connectivity index (χ3n) is 5.54. The molecule has 0 radical (unpaired) electrons. The zero-order chi connectivity index (χ0) is 21.1. The van der Waals surface area contributed by atoms with Gasteiger partial charge in [-0.15, -0.1) is 0 Å². The number of nitrogens with zero attached hydrogens (tertiary/aromatic N) is 1.